The van der Waals surface area contributed by atoms with Gasteiger partial charge in [0.05, 0.1) is 17.2 Å². The molecular weight excluding hydrogens is 329 g/mol. The zero-order valence-corrected chi connectivity index (χ0v) is 13.8. The second-order valence-electron chi connectivity index (χ2n) is 5.90. The number of pyridine rings is 1. The first kappa shape index (κ1) is 17.1. The molecule has 6 heteroatoms. The molecule has 3 aromatic rings. The van der Waals surface area contributed by atoms with E-state index < -0.39 is 11.7 Å². The minimum Gasteiger partial charge on any atom is -0.475 e. The average Bonchev–Trinajstić information content (AvgIpc) is 2.54. The Balaban J connectivity index is 2.08. The Kier molecular flexibility index (Phi) is 4.53. The highest BCUT2D eigenvalue weighted by Gasteiger charge is 2.34. The molecule has 0 atom stereocenters. The van der Waals surface area contributed by atoms with Crippen molar-refractivity contribution in [1.82, 2.24) is 4.98 Å². The summed E-state index contributed by atoms with van der Waals surface area (Å²) in [5, 5.41) is 3.13. The first-order valence-electron chi connectivity index (χ1n) is 7.83. The first-order valence-corrected chi connectivity index (χ1v) is 7.83. The van der Waals surface area contributed by atoms with Gasteiger partial charge in [-0.05, 0) is 44.2 Å². The van der Waals surface area contributed by atoms with Crippen LogP contribution >= 0.6 is 0 Å². The van der Waals surface area contributed by atoms with Gasteiger partial charge in [0.2, 0.25) is 5.88 Å². The number of alkyl halides is 3. The molecule has 0 amide bonds. The second kappa shape index (κ2) is 6.63. The SMILES string of the molecule is CC(C)Oc1cc(C(F)(F)F)c2cc(Nc3ccccc3)ccc2n1. The Morgan fingerprint density at radius 2 is 1.68 bits per heavy atom. The number of aromatic nitrogens is 1. The lowest BCUT2D eigenvalue weighted by Crippen LogP contribution is -2.11. The molecule has 0 aliphatic carbocycles. The van der Waals surface area contributed by atoms with E-state index in [4.69, 9.17) is 4.74 Å². The summed E-state index contributed by atoms with van der Waals surface area (Å²) in [6.45, 7) is 3.48. The van der Waals surface area contributed by atoms with Crippen LogP contribution in [-0.2, 0) is 6.18 Å². The summed E-state index contributed by atoms with van der Waals surface area (Å²) in [7, 11) is 0. The number of nitrogens with one attached hydrogen (secondary N) is 1. The topological polar surface area (TPSA) is 34.1 Å². The van der Waals surface area contributed by atoms with Crippen molar-refractivity contribution in [3.05, 3.63) is 60.2 Å². The van der Waals surface area contributed by atoms with Gasteiger partial charge in [-0.25, -0.2) is 4.98 Å². The van der Waals surface area contributed by atoms with Crippen LogP contribution in [0.3, 0.4) is 0 Å². The molecule has 0 saturated heterocycles. The Labute approximate surface area is 143 Å². The van der Waals surface area contributed by atoms with E-state index in [2.05, 4.69) is 10.3 Å². The summed E-state index contributed by atoms with van der Waals surface area (Å²) in [6.07, 6.45) is -4.76. The van der Waals surface area contributed by atoms with Crippen molar-refractivity contribution in [2.45, 2.75) is 26.1 Å². The van der Waals surface area contributed by atoms with Gasteiger partial charge in [0.25, 0.3) is 0 Å². The fraction of sp³-hybridized carbons (Fsp3) is 0.211. The molecule has 0 aliphatic heterocycles. The van der Waals surface area contributed by atoms with Gasteiger partial charge in [-0.1, -0.05) is 18.2 Å². The number of ether oxygens (including phenoxy) is 1. The Morgan fingerprint density at radius 3 is 2.32 bits per heavy atom. The Bertz CT molecular complexity index is 877. The number of halogens is 3. The van der Waals surface area contributed by atoms with E-state index in [1.54, 1.807) is 26.0 Å². The third-order valence-electron chi connectivity index (χ3n) is 3.51. The monoisotopic (exact) mass is 346 g/mol. The van der Waals surface area contributed by atoms with Crippen LogP contribution in [0.2, 0.25) is 0 Å². The molecule has 130 valence electrons. The van der Waals surface area contributed by atoms with Crippen LogP contribution in [0, 0.1) is 0 Å². The predicted octanol–water partition coefficient (Wildman–Crippen LogP) is 5.78. The largest absolute Gasteiger partial charge is 0.475 e. The normalized spacial score (nSPS) is 11.8. The van der Waals surface area contributed by atoms with Crippen molar-refractivity contribution < 1.29 is 17.9 Å². The van der Waals surface area contributed by atoms with Gasteiger partial charge < -0.3 is 10.1 Å². The molecule has 0 fully saturated rings. The molecule has 0 bridgehead atoms. The van der Waals surface area contributed by atoms with Gasteiger partial charge in [-0.3, -0.25) is 0 Å². The maximum atomic E-state index is 13.5. The molecule has 1 N–H and O–H groups in total. The van der Waals surface area contributed by atoms with Gasteiger partial charge in [0, 0.05) is 22.8 Å². The zero-order chi connectivity index (χ0) is 18.0. The molecule has 0 saturated carbocycles. The molecule has 1 heterocycles. The molecule has 3 nitrogen and oxygen atoms in total. The summed E-state index contributed by atoms with van der Waals surface area (Å²) in [4.78, 5) is 4.19. The highest BCUT2D eigenvalue weighted by atomic mass is 19.4. The van der Waals surface area contributed by atoms with E-state index >= 15 is 0 Å². The zero-order valence-electron chi connectivity index (χ0n) is 13.8. The van der Waals surface area contributed by atoms with Crippen molar-refractivity contribution in [1.29, 1.82) is 0 Å². The summed E-state index contributed by atoms with van der Waals surface area (Å²) >= 11 is 0. The fourth-order valence-electron chi connectivity index (χ4n) is 2.50. The average molecular weight is 346 g/mol. The van der Waals surface area contributed by atoms with Gasteiger partial charge in [0.15, 0.2) is 0 Å². The third-order valence-corrected chi connectivity index (χ3v) is 3.51. The number of hydrogen-bond donors (Lipinski definition) is 1. The summed E-state index contributed by atoms with van der Waals surface area (Å²) < 4.78 is 45.8. The Morgan fingerprint density at radius 1 is 0.960 bits per heavy atom. The highest BCUT2D eigenvalue weighted by molar-refractivity contribution is 5.87. The number of hydrogen-bond acceptors (Lipinski definition) is 3. The molecule has 0 unspecified atom stereocenters. The highest BCUT2D eigenvalue weighted by Crippen LogP contribution is 2.37. The molecular formula is C19H17F3N2O. The molecule has 1 aromatic heterocycles. The lowest BCUT2D eigenvalue weighted by Gasteiger charge is -2.15. The fourth-order valence-corrected chi connectivity index (χ4v) is 2.50. The van der Waals surface area contributed by atoms with Crippen LogP contribution in [0.15, 0.2) is 54.6 Å². The number of fused-ring (bicyclic) bond motifs is 1. The minimum atomic E-state index is -4.50. The maximum Gasteiger partial charge on any atom is 0.417 e. The first-order chi connectivity index (χ1) is 11.8. The molecule has 0 spiro atoms. The third kappa shape index (κ3) is 4.02. The van der Waals surface area contributed by atoms with Crippen molar-refractivity contribution in [3.8, 4) is 5.88 Å². The number of benzene rings is 2. The van der Waals surface area contributed by atoms with Gasteiger partial charge in [0.1, 0.15) is 0 Å². The maximum absolute atomic E-state index is 13.5. The van der Waals surface area contributed by atoms with Gasteiger partial charge in [-0.15, -0.1) is 0 Å². The van der Waals surface area contributed by atoms with Crippen molar-refractivity contribution in [2.75, 3.05) is 5.32 Å². The number of nitrogens with zero attached hydrogens (tertiary/aromatic N) is 1. The molecule has 0 aliphatic rings. The minimum absolute atomic E-state index is 0.0291. The summed E-state index contributed by atoms with van der Waals surface area (Å²) in [5.74, 6) is -0.0291. The van der Waals surface area contributed by atoms with E-state index in [1.165, 1.54) is 6.07 Å². The van der Waals surface area contributed by atoms with Gasteiger partial charge in [-0.2, -0.15) is 13.2 Å². The lowest BCUT2D eigenvalue weighted by molar-refractivity contribution is -0.136. The molecule has 25 heavy (non-hydrogen) atoms. The van der Waals surface area contributed by atoms with Crippen molar-refractivity contribution in [2.24, 2.45) is 0 Å². The van der Waals surface area contributed by atoms with E-state index in [-0.39, 0.29) is 22.9 Å². The second-order valence-corrected chi connectivity index (χ2v) is 5.90. The van der Waals surface area contributed by atoms with E-state index in [1.807, 2.05) is 30.3 Å². The number of para-hydroxylation sites is 1. The van der Waals surface area contributed by atoms with E-state index in [0.29, 0.717) is 5.69 Å². The molecule has 2 aromatic carbocycles. The van der Waals surface area contributed by atoms with E-state index in [9.17, 15) is 13.2 Å². The molecule has 3 rings (SSSR count). The number of anilines is 2. The standard InChI is InChI=1S/C19H17F3N2O/c1-12(2)25-18-11-16(19(20,21)22)15-10-14(8-9-17(15)24-18)23-13-6-4-3-5-7-13/h3-12,23H,1-2H3. The molecule has 0 radical (unpaired) electrons. The van der Waals surface area contributed by atoms with Crippen LogP contribution in [0.25, 0.3) is 10.9 Å². The van der Waals surface area contributed by atoms with E-state index in [0.717, 1.165) is 11.8 Å². The lowest BCUT2D eigenvalue weighted by atomic mass is 10.1. The van der Waals surface area contributed by atoms with Crippen LogP contribution in [-0.4, -0.2) is 11.1 Å². The quantitative estimate of drug-likeness (QED) is 0.650. The summed E-state index contributed by atoms with van der Waals surface area (Å²) in [5.41, 5.74) is 0.834. The van der Waals surface area contributed by atoms with Crippen LogP contribution in [0.5, 0.6) is 5.88 Å². The van der Waals surface area contributed by atoms with Crippen molar-refractivity contribution >= 4 is 22.3 Å². The number of rotatable bonds is 4. The van der Waals surface area contributed by atoms with Crippen molar-refractivity contribution in [3.63, 3.8) is 0 Å². The smallest absolute Gasteiger partial charge is 0.417 e. The van der Waals surface area contributed by atoms with Crippen LogP contribution < -0.4 is 10.1 Å². The van der Waals surface area contributed by atoms with Gasteiger partial charge >= 0.3 is 6.18 Å². The van der Waals surface area contributed by atoms with Crippen LogP contribution in [0.4, 0.5) is 24.5 Å². The summed E-state index contributed by atoms with van der Waals surface area (Å²) in [6, 6.07) is 14.9. The predicted molar refractivity (Wildman–Crippen MR) is 92.2 cm³/mol. The van der Waals surface area contributed by atoms with Crippen LogP contribution in [0.1, 0.15) is 19.4 Å². The Hall–Kier alpha value is -2.76.